The van der Waals surface area contributed by atoms with Gasteiger partial charge in [0.2, 0.25) is 5.34 Å². The molecule has 6 heteroatoms. The van der Waals surface area contributed by atoms with Gasteiger partial charge in [0, 0.05) is 0 Å². The standard InChI is InChI=1S/C28H56NO4P/c1-5-6-7-8-9-10-11-12-13-14-15-16-17-18-19-20-21-22-23-24-25-26-28(30,34(31,32)33)27-29(2,3)4/h12-13,23-24,30H,5-11,14-22,25-27H2,1-4H3,(H-,31,32,33)/p+1/b13-12-,24-23-. The van der Waals surface area contributed by atoms with Gasteiger partial charge in [0.15, 0.2) is 0 Å². The first-order chi connectivity index (χ1) is 16.0. The largest absolute Gasteiger partial charge is 0.373 e. The molecule has 0 aromatic heterocycles. The van der Waals surface area contributed by atoms with Crippen molar-refractivity contribution in [2.45, 2.75) is 128 Å². The molecule has 0 aliphatic rings. The number of allylic oxidation sites excluding steroid dienone is 4. The van der Waals surface area contributed by atoms with Crippen molar-refractivity contribution in [1.82, 2.24) is 0 Å². The highest BCUT2D eigenvalue weighted by atomic mass is 31.2. The van der Waals surface area contributed by atoms with E-state index in [2.05, 4.69) is 25.2 Å². The number of likely N-dealkylation sites (N-methyl/N-ethyl adjacent to an activating group) is 1. The molecular weight excluding hydrogens is 445 g/mol. The quantitative estimate of drug-likeness (QED) is 0.0578. The zero-order valence-corrected chi connectivity index (χ0v) is 23.8. The average molecular weight is 503 g/mol. The summed E-state index contributed by atoms with van der Waals surface area (Å²) in [6.07, 6.45) is 30.0. The number of hydrogen-bond donors (Lipinski definition) is 3. The lowest BCUT2D eigenvalue weighted by Crippen LogP contribution is -2.49. The van der Waals surface area contributed by atoms with E-state index in [0.717, 1.165) is 12.8 Å². The Morgan fingerprint density at radius 2 is 1.00 bits per heavy atom. The molecule has 1 atom stereocenters. The average Bonchev–Trinajstić information content (AvgIpc) is 2.73. The van der Waals surface area contributed by atoms with Crippen LogP contribution >= 0.6 is 7.60 Å². The van der Waals surface area contributed by atoms with Crippen LogP contribution in [-0.2, 0) is 4.57 Å². The summed E-state index contributed by atoms with van der Waals surface area (Å²) in [5.74, 6) is 0. The smallest absolute Gasteiger partial charge is 0.362 e. The molecule has 0 aliphatic heterocycles. The predicted octanol–water partition coefficient (Wildman–Crippen LogP) is 7.71. The lowest BCUT2D eigenvalue weighted by atomic mass is 10.1. The zero-order valence-electron chi connectivity index (χ0n) is 22.9. The third kappa shape index (κ3) is 19.8. The van der Waals surface area contributed by atoms with E-state index in [0.29, 0.717) is 10.9 Å². The number of unbranched alkanes of at least 4 members (excludes halogenated alkanes) is 14. The first-order valence-electron chi connectivity index (χ1n) is 13.9. The zero-order chi connectivity index (χ0) is 25.8. The van der Waals surface area contributed by atoms with Crippen LogP contribution in [0.5, 0.6) is 0 Å². The predicted molar refractivity (Wildman–Crippen MR) is 147 cm³/mol. The fourth-order valence-electron chi connectivity index (χ4n) is 4.31. The van der Waals surface area contributed by atoms with Gasteiger partial charge in [-0.2, -0.15) is 0 Å². The molecule has 0 saturated carbocycles. The summed E-state index contributed by atoms with van der Waals surface area (Å²) >= 11 is 0. The van der Waals surface area contributed by atoms with Crippen LogP contribution in [0.4, 0.5) is 0 Å². The van der Waals surface area contributed by atoms with Crippen molar-refractivity contribution in [3.63, 3.8) is 0 Å². The molecule has 0 bridgehead atoms. The number of aliphatic hydroxyl groups is 1. The van der Waals surface area contributed by atoms with Gasteiger partial charge in [-0.25, -0.2) is 0 Å². The van der Waals surface area contributed by atoms with Crippen molar-refractivity contribution in [2.75, 3.05) is 27.7 Å². The SMILES string of the molecule is CCCCCCCC/C=C\CCCCCCCCC/C=C\CCC(O)(C[N+](C)(C)C)P(=O)(O)O. The number of rotatable bonds is 23. The van der Waals surface area contributed by atoms with Crippen LogP contribution < -0.4 is 0 Å². The molecule has 34 heavy (non-hydrogen) atoms. The lowest BCUT2D eigenvalue weighted by Gasteiger charge is -2.35. The molecule has 5 nitrogen and oxygen atoms in total. The summed E-state index contributed by atoms with van der Waals surface area (Å²) in [7, 11) is 0.897. The third-order valence-electron chi connectivity index (χ3n) is 6.28. The van der Waals surface area contributed by atoms with E-state index in [4.69, 9.17) is 0 Å². The minimum Gasteiger partial charge on any atom is -0.373 e. The molecule has 0 fully saturated rings. The Morgan fingerprint density at radius 3 is 1.35 bits per heavy atom. The first-order valence-corrected chi connectivity index (χ1v) is 15.5. The van der Waals surface area contributed by atoms with Crippen molar-refractivity contribution in [3.8, 4) is 0 Å². The molecule has 0 aliphatic carbocycles. The number of nitrogens with zero attached hydrogens (tertiary/aromatic N) is 1. The molecule has 3 N–H and O–H groups in total. The Kier molecular flexibility index (Phi) is 19.4. The fourth-order valence-corrected chi connectivity index (χ4v) is 5.34. The summed E-state index contributed by atoms with van der Waals surface area (Å²) in [4.78, 5) is 19.2. The number of hydrogen-bond acceptors (Lipinski definition) is 2. The molecule has 202 valence electrons. The van der Waals surface area contributed by atoms with Crippen molar-refractivity contribution >= 4 is 7.60 Å². The second-order valence-corrected chi connectivity index (χ2v) is 13.0. The Bertz CT molecular complexity index is 579. The van der Waals surface area contributed by atoms with Crippen LogP contribution in [0.25, 0.3) is 0 Å². The normalized spacial score (nSPS) is 14.9. The van der Waals surface area contributed by atoms with E-state index < -0.39 is 12.9 Å². The Labute approximate surface area is 211 Å². The second kappa shape index (κ2) is 19.7. The van der Waals surface area contributed by atoms with Gasteiger partial charge in [-0.05, 0) is 51.4 Å². The van der Waals surface area contributed by atoms with Gasteiger partial charge in [0.05, 0.1) is 21.1 Å². The Balaban J connectivity index is 3.62. The van der Waals surface area contributed by atoms with Gasteiger partial charge in [0.25, 0.3) is 0 Å². The molecule has 0 rings (SSSR count). The maximum absolute atomic E-state index is 11.8. The molecule has 0 aromatic carbocycles. The van der Waals surface area contributed by atoms with Crippen LogP contribution in [0.2, 0.25) is 0 Å². The van der Waals surface area contributed by atoms with Gasteiger partial charge >= 0.3 is 7.60 Å². The summed E-state index contributed by atoms with van der Waals surface area (Å²) in [6, 6.07) is 0. The van der Waals surface area contributed by atoms with Gasteiger partial charge in [-0.1, -0.05) is 95.4 Å². The molecule has 0 spiro atoms. The minimum atomic E-state index is -4.58. The molecule has 0 heterocycles. The maximum atomic E-state index is 11.8. The van der Waals surface area contributed by atoms with E-state index >= 15 is 0 Å². The van der Waals surface area contributed by atoms with Crippen molar-refractivity contribution in [2.24, 2.45) is 0 Å². The van der Waals surface area contributed by atoms with Crippen LogP contribution in [0.15, 0.2) is 24.3 Å². The molecule has 0 saturated heterocycles. The van der Waals surface area contributed by atoms with Crippen molar-refractivity contribution < 1.29 is 23.9 Å². The third-order valence-corrected chi connectivity index (χ3v) is 7.73. The summed E-state index contributed by atoms with van der Waals surface area (Å²) < 4.78 is 12.1. The fraction of sp³-hybridized carbons (Fsp3) is 0.857. The van der Waals surface area contributed by atoms with Crippen LogP contribution in [-0.4, -0.2) is 52.4 Å². The topological polar surface area (TPSA) is 77.8 Å². The van der Waals surface area contributed by atoms with Gasteiger partial charge in [-0.3, -0.25) is 4.57 Å². The van der Waals surface area contributed by atoms with E-state index in [-0.39, 0.29) is 13.0 Å². The van der Waals surface area contributed by atoms with Crippen molar-refractivity contribution in [1.29, 1.82) is 0 Å². The number of quaternary nitrogens is 1. The highest BCUT2D eigenvalue weighted by Crippen LogP contribution is 2.52. The highest BCUT2D eigenvalue weighted by Gasteiger charge is 2.48. The second-order valence-electron chi connectivity index (χ2n) is 11.1. The Morgan fingerprint density at radius 1 is 0.647 bits per heavy atom. The van der Waals surface area contributed by atoms with E-state index in [9.17, 15) is 19.5 Å². The highest BCUT2D eigenvalue weighted by molar-refractivity contribution is 7.53. The van der Waals surface area contributed by atoms with Gasteiger partial charge in [-0.15, -0.1) is 0 Å². The van der Waals surface area contributed by atoms with Gasteiger partial charge in [0.1, 0.15) is 6.54 Å². The molecular formula is C28H57NO4P+. The summed E-state index contributed by atoms with van der Waals surface area (Å²) in [6.45, 7) is 2.30. The monoisotopic (exact) mass is 502 g/mol. The molecule has 1 unspecified atom stereocenters. The minimum absolute atomic E-state index is 0.0284. The first kappa shape index (κ1) is 33.5. The van der Waals surface area contributed by atoms with E-state index in [1.54, 1.807) is 0 Å². The van der Waals surface area contributed by atoms with Crippen LogP contribution in [0.1, 0.15) is 122 Å². The summed E-state index contributed by atoms with van der Waals surface area (Å²) in [5.41, 5.74) is 0. The van der Waals surface area contributed by atoms with Gasteiger partial charge < -0.3 is 19.4 Å². The maximum Gasteiger partial charge on any atom is 0.362 e. The molecule has 0 aromatic rings. The molecule has 0 radical (unpaired) electrons. The van der Waals surface area contributed by atoms with E-state index in [1.807, 2.05) is 27.2 Å². The van der Waals surface area contributed by atoms with Crippen molar-refractivity contribution in [3.05, 3.63) is 24.3 Å². The van der Waals surface area contributed by atoms with Crippen LogP contribution in [0, 0.1) is 0 Å². The molecule has 0 amide bonds. The van der Waals surface area contributed by atoms with Crippen LogP contribution in [0.3, 0.4) is 0 Å². The Hall–Kier alpha value is -0.450. The lowest BCUT2D eigenvalue weighted by molar-refractivity contribution is -0.875. The summed E-state index contributed by atoms with van der Waals surface area (Å²) in [5, 5.41) is 8.57. The van der Waals surface area contributed by atoms with E-state index in [1.165, 1.54) is 89.9 Å².